The Morgan fingerprint density at radius 1 is 1.17 bits per heavy atom. The predicted molar refractivity (Wildman–Crippen MR) is 74.8 cm³/mol. The number of aromatic nitrogens is 2. The first kappa shape index (κ1) is 12.8. The van der Waals surface area contributed by atoms with Crippen LogP contribution in [0.1, 0.15) is 24.7 Å². The minimum absolute atomic E-state index is 0.490. The van der Waals surface area contributed by atoms with Gasteiger partial charge in [-0.05, 0) is 12.0 Å². The molecule has 0 radical (unpaired) electrons. The Bertz CT molecular complexity index is 500. The number of anilines is 1. The van der Waals surface area contributed by atoms with E-state index in [1.54, 1.807) is 6.07 Å². The van der Waals surface area contributed by atoms with Gasteiger partial charge in [0.1, 0.15) is 16.8 Å². The van der Waals surface area contributed by atoms with Crippen LogP contribution in [0.3, 0.4) is 0 Å². The van der Waals surface area contributed by atoms with E-state index in [0.717, 1.165) is 31.0 Å². The largest absolute Gasteiger partial charge is 0.366 e. The standard InChI is InChI=1S/C14H16ClN3/c1-2-6-13-17-12(15)9-14(18-13)16-10-11-7-4-3-5-8-11/h3-5,7-9H,2,6,10H2,1H3,(H,16,17,18). The summed E-state index contributed by atoms with van der Waals surface area (Å²) in [4.78, 5) is 8.62. The first-order chi connectivity index (χ1) is 8.78. The van der Waals surface area contributed by atoms with Gasteiger partial charge in [0.05, 0.1) is 0 Å². The van der Waals surface area contributed by atoms with Crippen LogP contribution >= 0.6 is 11.6 Å². The second-order valence-corrected chi connectivity index (χ2v) is 4.47. The van der Waals surface area contributed by atoms with E-state index < -0.39 is 0 Å². The Morgan fingerprint density at radius 2 is 1.94 bits per heavy atom. The lowest BCUT2D eigenvalue weighted by molar-refractivity contribution is 0.834. The van der Waals surface area contributed by atoms with E-state index >= 15 is 0 Å². The first-order valence-corrected chi connectivity index (χ1v) is 6.47. The van der Waals surface area contributed by atoms with Crippen molar-refractivity contribution in [1.29, 1.82) is 0 Å². The molecule has 1 aromatic carbocycles. The quantitative estimate of drug-likeness (QED) is 0.834. The second-order valence-electron chi connectivity index (χ2n) is 4.08. The van der Waals surface area contributed by atoms with Gasteiger partial charge < -0.3 is 5.32 Å². The number of aryl methyl sites for hydroxylation is 1. The second kappa shape index (κ2) is 6.36. The maximum Gasteiger partial charge on any atom is 0.134 e. The summed E-state index contributed by atoms with van der Waals surface area (Å²) in [6.07, 6.45) is 1.86. The van der Waals surface area contributed by atoms with Crippen molar-refractivity contribution in [2.24, 2.45) is 0 Å². The highest BCUT2D eigenvalue weighted by molar-refractivity contribution is 6.29. The van der Waals surface area contributed by atoms with Gasteiger partial charge in [0, 0.05) is 19.0 Å². The molecule has 1 heterocycles. The average Bonchev–Trinajstić information content (AvgIpc) is 2.37. The average molecular weight is 262 g/mol. The fourth-order valence-electron chi connectivity index (χ4n) is 1.68. The minimum Gasteiger partial charge on any atom is -0.366 e. The van der Waals surface area contributed by atoms with E-state index in [9.17, 15) is 0 Å². The Morgan fingerprint density at radius 3 is 2.67 bits per heavy atom. The SMILES string of the molecule is CCCc1nc(Cl)cc(NCc2ccccc2)n1. The highest BCUT2D eigenvalue weighted by Crippen LogP contribution is 2.13. The number of halogens is 1. The fourth-order valence-corrected chi connectivity index (χ4v) is 1.88. The summed E-state index contributed by atoms with van der Waals surface area (Å²) < 4.78 is 0. The van der Waals surface area contributed by atoms with Gasteiger partial charge >= 0.3 is 0 Å². The molecular weight excluding hydrogens is 246 g/mol. The number of hydrogen-bond acceptors (Lipinski definition) is 3. The molecule has 0 aliphatic rings. The zero-order valence-corrected chi connectivity index (χ0v) is 11.1. The van der Waals surface area contributed by atoms with Gasteiger partial charge in [0.25, 0.3) is 0 Å². The van der Waals surface area contributed by atoms with Crippen molar-refractivity contribution in [3.05, 3.63) is 52.9 Å². The van der Waals surface area contributed by atoms with Crippen LogP contribution in [-0.4, -0.2) is 9.97 Å². The molecule has 0 saturated heterocycles. The monoisotopic (exact) mass is 261 g/mol. The van der Waals surface area contributed by atoms with E-state index in [1.165, 1.54) is 5.56 Å². The summed E-state index contributed by atoms with van der Waals surface area (Å²) in [6.45, 7) is 2.83. The van der Waals surface area contributed by atoms with Crippen LogP contribution in [0.4, 0.5) is 5.82 Å². The van der Waals surface area contributed by atoms with Crippen LogP contribution < -0.4 is 5.32 Å². The zero-order chi connectivity index (χ0) is 12.8. The van der Waals surface area contributed by atoms with E-state index in [-0.39, 0.29) is 0 Å². The normalized spacial score (nSPS) is 10.3. The number of nitrogens with one attached hydrogen (secondary N) is 1. The molecule has 0 saturated carbocycles. The number of benzene rings is 1. The molecule has 1 aromatic heterocycles. The summed E-state index contributed by atoms with van der Waals surface area (Å²) >= 11 is 5.98. The molecule has 4 heteroatoms. The van der Waals surface area contributed by atoms with Crippen LogP contribution in [0.2, 0.25) is 5.15 Å². The van der Waals surface area contributed by atoms with Gasteiger partial charge in [-0.1, -0.05) is 48.9 Å². The molecule has 0 spiro atoms. The summed E-state index contributed by atoms with van der Waals surface area (Å²) in [5, 5.41) is 3.75. The number of rotatable bonds is 5. The first-order valence-electron chi connectivity index (χ1n) is 6.09. The molecule has 2 aromatic rings. The molecule has 0 fully saturated rings. The third-order valence-electron chi connectivity index (χ3n) is 2.53. The van der Waals surface area contributed by atoms with E-state index in [1.807, 2.05) is 18.2 Å². The molecule has 2 rings (SSSR count). The van der Waals surface area contributed by atoms with Crippen molar-refractivity contribution in [1.82, 2.24) is 9.97 Å². The van der Waals surface area contributed by atoms with Gasteiger partial charge in [0.2, 0.25) is 0 Å². The van der Waals surface area contributed by atoms with Crippen molar-refractivity contribution in [2.45, 2.75) is 26.3 Å². The third kappa shape index (κ3) is 3.70. The van der Waals surface area contributed by atoms with Crippen LogP contribution in [0.5, 0.6) is 0 Å². The number of hydrogen-bond donors (Lipinski definition) is 1. The zero-order valence-electron chi connectivity index (χ0n) is 10.4. The Kier molecular flexibility index (Phi) is 4.53. The Labute approximate surface area is 112 Å². The van der Waals surface area contributed by atoms with Gasteiger partial charge in [-0.2, -0.15) is 0 Å². The van der Waals surface area contributed by atoms with Gasteiger partial charge in [-0.3, -0.25) is 0 Å². The molecule has 3 nitrogen and oxygen atoms in total. The van der Waals surface area contributed by atoms with Crippen LogP contribution in [0, 0.1) is 0 Å². The summed E-state index contributed by atoms with van der Waals surface area (Å²) in [5.41, 5.74) is 1.21. The lowest BCUT2D eigenvalue weighted by Crippen LogP contribution is -2.04. The van der Waals surface area contributed by atoms with E-state index in [4.69, 9.17) is 11.6 Å². The van der Waals surface area contributed by atoms with Crippen molar-refractivity contribution in [3.8, 4) is 0 Å². The van der Waals surface area contributed by atoms with Crippen molar-refractivity contribution in [3.63, 3.8) is 0 Å². The predicted octanol–water partition coefficient (Wildman–Crippen LogP) is 3.69. The van der Waals surface area contributed by atoms with E-state index in [2.05, 4.69) is 34.3 Å². The van der Waals surface area contributed by atoms with Crippen LogP contribution in [-0.2, 0) is 13.0 Å². The van der Waals surface area contributed by atoms with Gasteiger partial charge in [-0.25, -0.2) is 9.97 Å². The summed E-state index contributed by atoms with van der Waals surface area (Å²) in [6, 6.07) is 11.9. The van der Waals surface area contributed by atoms with Crippen molar-refractivity contribution < 1.29 is 0 Å². The van der Waals surface area contributed by atoms with Crippen molar-refractivity contribution in [2.75, 3.05) is 5.32 Å². The Balaban J connectivity index is 2.05. The van der Waals surface area contributed by atoms with Crippen molar-refractivity contribution >= 4 is 17.4 Å². The molecule has 1 N–H and O–H groups in total. The number of nitrogens with zero attached hydrogens (tertiary/aromatic N) is 2. The molecular formula is C14H16ClN3. The minimum atomic E-state index is 0.490. The maximum atomic E-state index is 5.98. The molecule has 0 atom stereocenters. The van der Waals surface area contributed by atoms with Gasteiger partial charge in [0.15, 0.2) is 0 Å². The maximum absolute atomic E-state index is 5.98. The molecule has 0 bridgehead atoms. The molecule has 0 aliphatic carbocycles. The summed E-state index contributed by atoms with van der Waals surface area (Å²) in [5.74, 6) is 1.57. The molecule has 18 heavy (non-hydrogen) atoms. The van der Waals surface area contributed by atoms with E-state index in [0.29, 0.717) is 5.15 Å². The molecule has 0 unspecified atom stereocenters. The molecule has 0 amide bonds. The lowest BCUT2D eigenvalue weighted by atomic mass is 10.2. The van der Waals surface area contributed by atoms with Crippen LogP contribution in [0.25, 0.3) is 0 Å². The molecule has 0 aliphatic heterocycles. The smallest absolute Gasteiger partial charge is 0.134 e. The summed E-state index contributed by atoms with van der Waals surface area (Å²) in [7, 11) is 0. The van der Waals surface area contributed by atoms with Crippen LogP contribution in [0.15, 0.2) is 36.4 Å². The fraction of sp³-hybridized carbons (Fsp3) is 0.286. The third-order valence-corrected chi connectivity index (χ3v) is 2.72. The highest BCUT2D eigenvalue weighted by Gasteiger charge is 2.02. The molecule has 94 valence electrons. The highest BCUT2D eigenvalue weighted by atomic mass is 35.5. The topological polar surface area (TPSA) is 37.8 Å². The Hall–Kier alpha value is -1.61. The lowest BCUT2D eigenvalue weighted by Gasteiger charge is -2.07. The van der Waals surface area contributed by atoms with Gasteiger partial charge in [-0.15, -0.1) is 0 Å².